The highest BCUT2D eigenvalue weighted by Gasteiger charge is 2.28. The molecule has 1 heterocycles. The predicted octanol–water partition coefficient (Wildman–Crippen LogP) is 3.94. The Kier molecular flexibility index (Phi) is 7.08. The van der Waals surface area contributed by atoms with Crippen LogP contribution in [-0.4, -0.2) is 49.7 Å². The van der Waals surface area contributed by atoms with Crippen LogP contribution in [0.15, 0.2) is 83.8 Å². The molecule has 1 saturated heterocycles. The van der Waals surface area contributed by atoms with Crippen molar-refractivity contribution < 1.29 is 17.9 Å². The number of para-hydroxylation sites is 1. The molecule has 172 valence electrons. The lowest BCUT2D eigenvalue weighted by molar-refractivity contribution is -0.114. The van der Waals surface area contributed by atoms with E-state index in [1.807, 2.05) is 48.5 Å². The molecule has 4 rings (SSSR count). The van der Waals surface area contributed by atoms with E-state index in [4.69, 9.17) is 4.74 Å². The van der Waals surface area contributed by atoms with Gasteiger partial charge in [-0.05, 0) is 54.1 Å². The van der Waals surface area contributed by atoms with Gasteiger partial charge in [-0.2, -0.15) is 4.31 Å². The molecule has 1 aliphatic rings. The van der Waals surface area contributed by atoms with E-state index in [1.165, 1.54) is 23.4 Å². The number of benzene rings is 3. The smallest absolute Gasteiger partial charge is 0.243 e. The van der Waals surface area contributed by atoms with Crippen molar-refractivity contribution in [1.29, 1.82) is 0 Å². The van der Waals surface area contributed by atoms with Crippen LogP contribution >= 0.6 is 0 Å². The summed E-state index contributed by atoms with van der Waals surface area (Å²) in [5.41, 5.74) is 1.69. The molecule has 0 aromatic heterocycles. The van der Waals surface area contributed by atoms with Crippen LogP contribution in [-0.2, 0) is 21.4 Å². The van der Waals surface area contributed by atoms with Gasteiger partial charge in [-0.3, -0.25) is 9.69 Å². The first-order valence-electron chi connectivity index (χ1n) is 10.8. The Morgan fingerprint density at radius 1 is 0.879 bits per heavy atom. The molecular weight excluding hydrogens is 438 g/mol. The molecule has 0 unspecified atom stereocenters. The average molecular weight is 466 g/mol. The number of nitrogens with zero attached hydrogens (tertiary/aromatic N) is 2. The minimum atomic E-state index is -3.57. The monoisotopic (exact) mass is 465 g/mol. The van der Waals surface area contributed by atoms with Gasteiger partial charge in [0.15, 0.2) is 0 Å². The Hall–Kier alpha value is -3.20. The van der Waals surface area contributed by atoms with Crippen molar-refractivity contribution in [3.05, 3.63) is 84.4 Å². The number of amides is 1. The first-order chi connectivity index (χ1) is 15.9. The van der Waals surface area contributed by atoms with E-state index in [1.54, 1.807) is 12.1 Å². The average Bonchev–Trinajstić information content (AvgIpc) is 2.80. The maximum atomic E-state index is 13.0. The third-order valence-corrected chi connectivity index (χ3v) is 7.34. The molecule has 0 spiro atoms. The van der Waals surface area contributed by atoms with Gasteiger partial charge in [0.05, 0.1) is 4.90 Å². The first-order valence-corrected chi connectivity index (χ1v) is 12.3. The Bertz CT molecular complexity index is 1190. The van der Waals surface area contributed by atoms with Crippen molar-refractivity contribution in [3.63, 3.8) is 0 Å². The van der Waals surface area contributed by atoms with Crippen molar-refractivity contribution in [1.82, 2.24) is 9.21 Å². The predicted molar refractivity (Wildman–Crippen MR) is 128 cm³/mol. The molecular formula is C25H27N3O4S. The number of ether oxygens (including phenoxy) is 1. The maximum absolute atomic E-state index is 13.0. The number of sulfonamides is 1. The highest BCUT2D eigenvalue weighted by Crippen LogP contribution is 2.24. The lowest BCUT2D eigenvalue weighted by Gasteiger charge is -2.34. The molecule has 1 N–H and O–H groups in total. The molecule has 1 aliphatic heterocycles. The van der Waals surface area contributed by atoms with Gasteiger partial charge in [-0.25, -0.2) is 8.42 Å². The van der Waals surface area contributed by atoms with Gasteiger partial charge in [0.25, 0.3) is 0 Å². The zero-order valence-corrected chi connectivity index (χ0v) is 19.3. The summed E-state index contributed by atoms with van der Waals surface area (Å²) < 4.78 is 33.5. The van der Waals surface area contributed by atoms with Crippen molar-refractivity contribution in [2.24, 2.45) is 0 Å². The molecule has 8 heteroatoms. The van der Waals surface area contributed by atoms with E-state index >= 15 is 0 Å². The van der Waals surface area contributed by atoms with E-state index in [0.717, 1.165) is 23.6 Å². The lowest BCUT2D eigenvalue weighted by atomic mass is 10.2. The van der Waals surface area contributed by atoms with Crippen LogP contribution in [0.2, 0.25) is 0 Å². The SMILES string of the molecule is CC(=O)Nc1ccc(S(=O)(=O)N2CCN(Cc3cccc(Oc4ccccc4)c3)CC2)cc1. The molecule has 0 radical (unpaired) electrons. The molecule has 7 nitrogen and oxygen atoms in total. The fourth-order valence-corrected chi connectivity index (χ4v) is 5.20. The number of rotatable bonds is 7. The second-order valence-electron chi connectivity index (χ2n) is 7.95. The van der Waals surface area contributed by atoms with E-state index in [0.29, 0.717) is 31.9 Å². The summed E-state index contributed by atoms with van der Waals surface area (Å²) in [4.78, 5) is 13.6. The fourth-order valence-electron chi connectivity index (χ4n) is 3.78. The summed E-state index contributed by atoms with van der Waals surface area (Å²) >= 11 is 0. The first kappa shape index (κ1) is 23.0. The molecule has 0 atom stereocenters. The third-order valence-electron chi connectivity index (χ3n) is 5.43. The molecule has 3 aromatic carbocycles. The quantitative estimate of drug-likeness (QED) is 0.572. The second-order valence-corrected chi connectivity index (χ2v) is 9.89. The summed E-state index contributed by atoms with van der Waals surface area (Å²) in [6, 6.07) is 23.9. The Morgan fingerprint density at radius 3 is 2.21 bits per heavy atom. The van der Waals surface area contributed by atoms with E-state index in [-0.39, 0.29) is 10.8 Å². The van der Waals surface area contributed by atoms with E-state index in [9.17, 15) is 13.2 Å². The van der Waals surface area contributed by atoms with Crippen LogP contribution in [0.1, 0.15) is 12.5 Å². The number of carbonyl (C=O) groups is 1. The van der Waals surface area contributed by atoms with E-state index < -0.39 is 10.0 Å². The standard InChI is InChI=1S/C25H27N3O4S/c1-20(29)26-22-10-12-25(13-11-22)33(30,31)28-16-14-27(15-17-28)19-21-6-5-9-24(18-21)32-23-7-3-2-4-8-23/h2-13,18H,14-17,19H2,1H3,(H,26,29). The van der Waals surface area contributed by atoms with Gasteiger partial charge in [-0.15, -0.1) is 0 Å². The Labute approximate surface area is 194 Å². The number of anilines is 1. The molecule has 0 saturated carbocycles. The molecule has 1 amide bonds. The third kappa shape index (κ3) is 5.98. The molecule has 1 fully saturated rings. The normalized spacial score (nSPS) is 15.2. The van der Waals surface area contributed by atoms with Crippen LogP contribution in [0.3, 0.4) is 0 Å². The Morgan fingerprint density at radius 2 is 1.55 bits per heavy atom. The Balaban J connectivity index is 1.34. The summed E-state index contributed by atoms with van der Waals surface area (Å²) in [5.74, 6) is 1.38. The van der Waals surface area contributed by atoms with Crippen molar-refractivity contribution in [2.75, 3.05) is 31.5 Å². The summed E-state index contributed by atoms with van der Waals surface area (Å²) in [7, 11) is -3.57. The van der Waals surface area contributed by atoms with Crippen LogP contribution < -0.4 is 10.1 Å². The van der Waals surface area contributed by atoms with Gasteiger partial charge in [0.1, 0.15) is 11.5 Å². The van der Waals surface area contributed by atoms with Crippen LogP contribution in [0.25, 0.3) is 0 Å². The lowest BCUT2D eigenvalue weighted by Crippen LogP contribution is -2.48. The highest BCUT2D eigenvalue weighted by atomic mass is 32.2. The van der Waals surface area contributed by atoms with Crippen molar-refractivity contribution in [3.8, 4) is 11.5 Å². The van der Waals surface area contributed by atoms with Gasteiger partial charge in [0.2, 0.25) is 15.9 Å². The largest absolute Gasteiger partial charge is 0.457 e. The molecule has 0 aliphatic carbocycles. The topological polar surface area (TPSA) is 79.0 Å². The zero-order valence-electron chi connectivity index (χ0n) is 18.5. The fraction of sp³-hybridized carbons (Fsp3) is 0.240. The summed E-state index contributed by atoms with van der Waals surface area (Å²) in [6.45, 7) is 4.29. The number of nitrogens with one attached hydrogen (secondary N) is 1. The van der Waals surface area contributed by atoms with Crippen molar-refractivity contribution in [2.45, 2.75) is 18.4 Å². The van der Waals surface area contributed by atoms with E-state index in [2.05, 4.69) is 16.3 Å². The van der Waals surface area contributed by atoms with Crippen LogP contribution in [0, 0.1) is 0 Å². The number of hydrogen-bond acceptors (Lipinski definition) is 5. The molecule has 0 bridgehead atoms. The summed E-state index contributed by atoms with van der Waals surface area (Å²) in [5, 5.41) is 2.65. The highest BCUT2D eigenvalue weighted by molar-refractivity contribution is 7.89. The minimum Gasteiger partial charge on any atom is -0.457 e. The van der Waals surface area contributed by atoms with Gasteiger partial charge in [-0.1, -0.05) is 30.3 Å². The number of carbonyl (C=O) groups excluding carboxylic acids is 1. The number of hydrogen-bond donors (Lipinski definition) is 1. The van der Waals surface area contributed by atoms with Gasteiger partial charge < -0.3 is 10.1 Å². The minimum absolute atomic E-state index is 0.195. The van der Waals surface area contributed by atoms with Gasteiger partial charge >= 0.3 is 0 Å². The zero-order chi connectivity index (χ0) is 23.3. The summed E-state index contributed by atoms with van der Waals surface area (Å²) in [6.07, 6.45) is 0. The van der Waals surface area contributed by atoms with Crippen molar-refractivity contribution >= 4 is 21.6 Å². The van der Waals surface area contributed by atoms with Gasteiger partial charge in [0, 0.05) is 45.3 Å². The molecule has 33 heavy (non-hydrogen) atoms. The number of piperazine rings is 1. The second kappa shape index (κ2) is 10.2. The van der Waals surface area contributed by atoms with Crippen LogP contribution in [0.4, 0.5) is 5.69 Å². The molecule has 3 aromatic rings. The van der Waals surface area contributed by atoms with Crippen LogP contribution in [0.5, 0.6) is 11.5 Å². The maximum Gasteiger partial charge on any atom is 0.243 e.